The van der Waals surface area contributed by atoms with Crippen LogP contribution in [0, 0.1) is 0 Å². The number of aliphatic hydroxyl groups excluding tert-OH is 1. The van der Waals surface area contributed by atoms with Gasteiger partial charge in [0.1, 0.15) is 6.61 Å². The van der Waals surface area contributed by atoms with Gasteiger partial charge >= 0.3 is 5.97 Å². The highest BCUT2D eigenvalue weighted by molar-refractivity contribution is 5.85. The van der Waals surface area contributed by atoms with Gasteiger partial charge in [-0.1, -0.05) is 84.0 Å². The summed E-state index contributed by atoms with van der Waals surface area (Å²) in [5.41, 5.74) is -2.58. The molecular formula is C19H37NO5. The maximum Gasteiger partial charge on any atom is 0.359 e. The number of amides is 1. The lowest BCUT2D eigenvalue weighted by Gasteiger charge is -2.21. The summed E-state index contributed by atoms with van der Waals surface area (Å²) in [6, 6.07) is 0. The lowest BCUT2D eigenvalue weighted by Crippen LogP contribution is -2.57. The van der Waals surface area contributed by atoms with Crippen molar-refractivity contribution in [3.8, 4) is 0 Å². The van der Waals surface area contributed by atoms with E-state index in [2.05, 4.69) is 6.92 Å². The third-order valence-electron chi connectivity index (χ3n) is 4.44. The Morgan fingerprint density at radius 3 is 1.56 bits per heavy atom. The van der Waals surface area contributed by atoms with Gasteiger partial charge in [0.05, 0.1) is 0 Å². The average molecular weight is 360 g/mol. The number of carboxylic acid groups (broad SMARTS) is 1. The molecule has 6 nitrogen and oxygen atoms in total. The monoisotopic (exact) mass is 359 g/mol. The van der Waals surface area contributed by atoms with E-state index in [0.717, 1.165) is 19.3 Å². The zero-order chi connectivity index (χ0) is 19.0. The van der Waals surface area contributed by atoms with Crippen LogP contribution in [0.1, 0.15) is 96.8 Å². The van der Waals surface area contributed by atoms with Crippen LogP contribution in [-0.4, -0.2) is 39.5 Å². The molecule has 0 rings (SSSR count). The minimum atomic E-state index is -2.58. The van der Waals surface area contributed by atoms with Gasteiger partial charge in [0.15, 0.2) is 0 Å². The summed E-state index contributed by atoms with van der Waals surface area (Å²) in [5.74, 6) is -2.21. The predicted octanol–water partition coefficient (Wildman–Crippen LogP) is 3.35. The first-order chi connectivity index (χ1) is 12.0. The number of rotatable bonds is 17. The van der Waals surface area contributed by atoms with Crippen molar-refractivity contribution >= 4 is 11.9 Å². The molecule has 1 atom stereocenters. The molecule has 0 aliphatic rings. The third kappa shape index (κ3) is 12.8. The standard InChI is InChI=1S/C19H37NO5/c1-2-3-4-5-6-7-8-9-10-11-12-13-14-15-17(22)20-19(25,16-21)18(23)24/h21,25H,2-16H2,1H3,(H,20,22)(H,23,24). The van der Waals surface area contributed by atoms with E-state index in [1.807, 2.05) is 5.32 Å². The van der Waals surface area contributed by atoms with Gasteiger partial charge in [-0.15, -0.1) is 0 Å². The summed E-state index contributed by atoms with van der Waals surface area (Å²) < 4.78 is 0. The Morgan fingerprint density at radius 1 is 0.800 bits per heavy atom. The Morgan fingerprint density at radius 2 is 1.20 bits per heavy atom. The van der Waals surface area contributed by atoms with Gasteiger partial charge in [-0.05, 0) is 6.42 Å². The highest BCUT2D eigenvalue weighted by atomic mass is 16.4. The highest BCUT2D eigenvalue weighted by Crippen LogP contribution is 2.13. The third-order valence-corrected chi connectivity index (χ3v) is 4.44. The summed E-state index contributed by atoms with van der Waals surface area (Å²) in [4.78, 5) is 22.3. The van der Waals surface area contributed by atoms with Crippen LogP contribution in [0.5, 0.6) is 0 Å². The second kappa shape index (κ2) is 15.1. The van der Waals surface area contributed by atoms with Crippen LogP contribution in [0.4, 0.5) is 0 Å². The fourth-order valence-corrected chi connectivity index (χ4v) is 2.76. The Balaban J connectivity index is 3.44. The molecule has 0 aromatic rings. The van der Waals surface area contributed by atoms with E-state index in [9.17, 15) is 14.7 Å². The molecule has 0 spiro atoms. The molecule has 0 radical (unpaired) electrons. The van der Waals surface area contributed by atoms with Gasteiger partial charge < -0.3 is 20.6 Å². The fourth-order valence-electron chi connectivity index (χ4n) is 2.76. The average Bonchev–Trinajstić information content (AvgIpc) is 2.58. The predicted molar refractivity (Wildman–Crippen MR) is 98.1 cm³/mol. The zero-order valence-corrected chi connectivity index (χ0v) is 15.8. The summed E-state index contributed by atoms with van der Waals surface area (Å²) in [5, 5.41) is 29.0. The molecular weight excluding hydrogens is 322 g/mol. The van der Waals surface area contributed by atoms with Crippen molar-refractivity contribution in [1.82, 2.24) is 5.32 Å². The van der Waals surface area contributed by atoms with Crippen LogP contribution in [0.25, 0.3) is 0 Å². The SMILES string of the molecule is CCCCCCCCCCCCCCCC(=O)NC(O)(CO)C(=O)O. The second-order valence-electron chi connectivity index (χ2n) is 6.86. The molecule has 0 fully saturated rings. The molecule has 148 valence electrons. The van der Waals surface area contributed by atoms with Crippen LogP contribution in [-0.2, 0) is 9.59 Å². The molecule has 0 aliphatic carbocycles. The van der Waals surface area contributed by atoms with Gasteiger partial charge in [-0.2, -0.15) is 0 Å². The number of nitrogens with one attached hydrogen (secondary N) is 1. The molecule has 0 saturated carbocycles. The van der Waals surface area contributed by atoms with Crippen LogP contribution >= 0.6 is 0 Å². The molecule has 0 aromatic carbocycles. The first-order valence-corrected chi connectivity index (χ1v) is 9.84. The van der Waals surface area contributed by atoms with Crippen LogP contribution < -0.4 is 5.32 Å². The van der Waals surface area contributed by atoms with Crippen molar-refractivity contribution in [2.24, 2.45) is 0 Å². The molecule has 0 aliphatic heterocycles. The van der Waals surface area contributed by atoms with E-state index in [0.29, 0.717) is 6.42 Å². The summed E-state index contributed by atoms with van der Waals surface area (Å²) in [7, 11) is 0. The Bertz CT molecular complexity index is 362. The smallest absolute Gasteiger partial charge is 0.359 e. The van der Waals surface area contributed by atoms with Gasteiger partial charge in [0, 0.05) is 6.42 Å². The van der Waals surface area contributed by atoms with Gasteiger partial charge in [0.25, 0.3) is 5.72 Å². The van der Waals surface area contributed by atoms with Crippen molar-refractivity contribution < 1.29 is 24.9 Å². The summed E-state index contributed by atoms with van der Waals surface area (Å²) >= 11 is 0. The van der Waals surface area contributed by atoms with Crippen LogP contribution in [0.15, 0.2) is 0 Å². The largest absolute Gasteiger partial charge is 0.478 e. The maximum absolute atomic E-state index is 11.6. The van der Waals surface area contributed by atoms with Gasteiger partial charge in [-0.3, -0.25) is 4.79 Å². The molecule has 0 heterocycles. The first kappa shape index (κ1) is 23.9. The Hall–Kier alpha value is -1.14. The minimum absolute atomic E-state index is 0.160. The van der Waals surface area contributed by atoms with E-state index in [1.165, 1.54) is 57.8 Å². The highest BCUT2D eigenvalue weighted by Gasteiger charge is 2.36. The minimum Gasteiger partial charge on any atom is -0.478 e. The second-order valence-corrected chi connectivity index (χ2v) is 6.86. The van der Waals surface area contributed by atoms with E-state index in [4.69, 9.17) is 10.2 Å². The van der Waals surface area contributed by atoms with Crippen molar-refractivity contribution in [1.29, 1.82) is 0 Å². The molecule has 0 bridgehead atoms. The molecule has 6 heteroatoms. The zero-order valence-electron chi connectivity index (χ0n) is 15.8. The maximum atomic E-state index is 11.6. The molecule has 0 aromatic heterocycles. The first-order valence-electron chi connectivity index (χ1n) is 9.84. The summed E-state index contributed by atoms with van der Waals surface area (Å²) in [6.45, 7) is 1.18. The normalized spacial score (nSPS) is 13.4. The van der Waals surface area contributed by atoms with Gasteiger partial charge in [0.2, 0.25) is 5.91 Å². The quantitative estimate of drug-likeness (QED) is 0.235. The van der Waals surface area contributed by atoms with Crippen LogP contribution in [0.3, 0.4) is 0 Å². The fraction of sp³-hybridized carbons (Fsp3) is 0.895. The van der Waals surface area contributed by atoms with Crippen molar-refractivity contribution in [2.75, 3.05) is 6.61 Å². The number of aliphatic carboxylic acids is 1. The van der Waals surface area contributed by atoms with Crippen LogP contribution in [0.2, 0.25) is 0 Å². The number of carboxylic acids is 1. The molecule has 25 heavy (non-hydrogen) atoms. The number of carbonyl (C=O) groups is 2. The Labute approximate surface area is 152 Å². The lowest BCUT2D eigenvalue weighted by atomic mass is 10.0. The number of unbranched alkanes of at least 4 members (excludes halogenated alkanes) is 12. The molecule has 1 unspecified atom stereocenters. The Kier molecular flexibility index (Phi) is 14.5. The molecule has 0 saturated heterocycles. The van der Waals surface area contributed by atoms with E-state index >= 15 is 0 Å². The molecule has 1 amide bonds. The van der Waals surface area contributed by atoms with E-state index in [1.54, 1.807) is 0 Å². The lowest BCUT2D eigenvalue weighted by molar-refractivity contribution is -0.170. The number of hydrogen-bond donors (Lipinski definition) is 4. The number of hydrogen-bond acceptors (Lipinski definition) is 4. The van der Waals surface area contributed by atoms with E-state index < -0.39 is 24.2 Å². The topological polar surface area (TPSA) is 107 Å². The molecule has 4 N–H and O–H groups in total. The van der Waals surface area contributed by atoms with Gasteiger partial charge in [-0.25, -0.2) is 4.79 Å². The number of carbonyl (C=O) groups excluding carboxylic acids is 1. The van der Waals surface area contributed by atoms with E-state index in [-0.39, 0.29) is 6.42 Å². The van der Waals surface area contributed by atoms with Crippen molar-refractivity contribution in [3.05, 3.63) is 0 Å². The number of aliphatic hydroxyl groups is 2. The van der Waals surface area contributed by atoms with Crippen molar-refractivity contribution in [2.45, 2.75) is 103 Å². The summed E-state index contributed by atoms with van der Waals surface area (Å²) in [6.07, 6.45) is 15.8. The van der Waals surface area contributed by atoms with Crippen molar-refractivity contribution in [3.63, 3.8) is 0 Å².